The lowest BCUT2D eigenvalue weighted by Crippen LogP contribution is -2.25. The van der Waals surface area contributed by atoms with Crippen molar-refractivity contribution in [2.24, 2.45) is 5.16 Å². The summed E-state index contributed by atoms with van der Waals surface area (Å²) in [5.41, 5.74) is 1.86. The summed E-state index contributed by atoms with van der Waals surface area (Å²) < 4.78 is 1.87. The molecule has 110 valence electrons. The largest absolute Gasteiger partial charge is 0.411 e. The zero-order valence-corrected chi connectivity index (χ0v) is 12.6. The number of aromatic nitrogens is 2. The van der Waals surface area contributed by atoms with Crippen LogP contribution in [0.2, 0.25) is 0 Å². The highest BCUT2D eigenvalue weighted by Gasteiger charge is 2.26. The summed E-state index contributed by atoms with van der Waals surface area (Å²) in [7, 11) is 0. The monoisotopic (exact) mass is 303 g/mol. The number of fused-ring (bicyclic) bond motifs is 4. The Labute approximate surface area is 125 Å². The van der Waals surface area contributed by atoms with Crippen molar-refractivity contribution >= 4 is 27.3 Å². The van der Waals surface area contributed by atoms with Crippen LogP contribution in [0, 0.1) is 0 Å². The summed E-state index contributed by atoms with van der Waals surface area (Å²) in [5.74, 6) is 0.922. The smallest absolute Gasteiger partial charge is 0.262 e. The SMILES string of the molecule is O=c1c2c3c(sc2nc2n1CCCCC2)/C(=N/O)CCC3. The van der Waals surface area contributed by atoms with E-state index in [1.165, 1.54) is 11.3 Å². The van der Waals surface area contributed by atoms with Gasteiger partial charge in [-0.2, -0.15) is 0 Å². The second-order valence-corrected chi connectivity index (χ2v) is 6.78. The fraction of sp³-hybridized carbons (Fsp3) is 0.533. The van der Waals surface area contributed by atoms with E-state index in [0.717, 1.165) is 78.0 Å². The maximum absolute atomic E-state index is 12.9. The highest BCUT2D eigenvalue weighted by atomic mass is 32.1. The van der Waals surface area contributed by atoms with Gasteiger partial charge in [-0.05, 0) is 37.7 Å². The van der Waals surface area contributed by atoms with Gasteiger partial charge in [-0.3, -0.25) is 9.36 Å². The van der Waals surface area contributed by atoms with Gasteiger partial charge in [-0.25, -0.2) is 4.98 Å². The van der Waals surface area contributed by atoms with Crippen molar-refractivity contribution in [3.05, 3.63) is 26.6 Å². The molecule has 2 aromatic rings. The fourth-order valence-corrected chi connectivity index (χ4v) is 4.69. The summed E-state index contributed by atoms with van der Waals surface area (Å²) in [4.78, 5) is 19.4. The molecule has 0 aromatic carbocycles. The minimum absolute atomic E-state index is 0.105. The summed E-state index contributed by atoms with van der Waals surface area (Å²) >= 11 is 1.51. The van der Waals surface area contributed by atoms with E-state index in [9.17, 15) is 10.0 Å². The minimum Gasteiger partial charge on any atom is -0.411 e. The number of oxime groups is 1. The predicted octanol–water partition coefficient (Wildman–Crippen LogP) is 2.70. The topological polar surface area (TPSA) is 67.5 Å². The van der Waals surface area contributed by atoms with Crippen molar-refractivity contribution in [3.63, 3.8) is 0 Å². The Morgan fingerprint density at radius 3 is 2.90 bits per heavy atom. The van der Waals surface area contributed by atoms with Crippen molar-refractivity contribution in [2.45, 2.75) is 51.5 Å². The Morgan fingerprint density at radius 1 is 1.14 bits per heavy atom. The number of nitrogens with zero attached hydrogens (tertiary/aromatic N) is 3. The van der Waals surface area contributed by atoms with Crippen LogP contribution in [0.25, 0.3) is 10.2 Å². The summed E-state index contributed by atoms with van der Waals surface area (Å²) in [5, 5.41) is 13.4. The van der Waals surface area contributed by atoms with E-state index in [2.05, 4.69) is 5.16 Å². The molecule has 0 atom stereocenters. The van der Waals surface area contributed by atoms with Crippen LogP contribution in [-0.2, 0) is 19.4 Å². The number of thiophene rings is 1. The molecule has 2 aromatic heterocycles. The van der Waals surface area contributed by atoms with Gasteiger partial charge in [-0.1, -0.05) is 11.6 Å². The lowest BCUT2D eigenvalue weighted by atomic mass is 9.95. The van der Waals surface area contributed by atoms with Gasteiger partial charge < -0.3 is 5.21 Å². The van der Waals surface area contributed by atoms with Crippen LogP contribution in [0.4, 0.5) is 0 Å². The molecule has 4 rings (SSSR count). The molecule has 2 aliphatic rings. The Bertz CT molecular complexity index is 803. The third-order valence-corrected chi connectivity index (χ3v) is 5.67. The van der Waals surface area contributed by atoms with Crippen molar-refractivity contribution in [2.75, 3.05) is 0 Å². The summed E-state index contributed by atoms with van der Waals surface area (Å²) in [6.07, 6.45) is 6.79. The third-order valence-electron chi connectivity index (χ3n) is 4.49. The zero-order valence-electron chi connectivity index (χ0n) is 11.8. The standard InChI is InChI=1S/C15H17N3O2S/c19-15-12-9-5-4-6-10(17-20)13(9)21-14(12)16-11-7-2-1-3-8-18(11)15/h20H,1-8H2/b17-10+. The lowest BCUT2D eigenvalue weighted by Gasteiger charge is -2.12. The maximum Gasteiger partial charge on any atom is 0.262 e. The highest BCUT2D eigenvalue weighted by Crippen LogP contribution is 2.34. The fourth-order valence-electron chi connectivity index (χ4n) is 3.45. The molecule has 0 bridgehead atoms. The van der Waals surface area contributed by atoms with E-state index in [-0.39, 0.29) is 5.56 Å². The van der Waals surface area contributed by atoms with Gasteiger partial charge in [0.2, 0.25) is 0 Å². The molecular formula is C15H17N3O2S. The van der Waals surface area contributed by atoms with E-state index in [1.54, 1.807) is 0 Å². The molecule has 0 spiro atoms. The van der Waals surface area contributed by atoms with Gasteiger partial charge in [0.05, 0.1) is 16.0 Å². The molecule has 1 N–H and O–H groups in total. The van der Waals surface area contributed by atoms with Gasteiger partial charge in [0, 0.05) is 13.0 Å². The van der Waals surface area contributed by atoms with Gasteiger partial charge >= 0.3 is 0 Å². The Kier molecular flexibility index (Phi) is 3.06. The zero-order chi connectivity index (χ0) is 14.4. The van der Waals surface area contributed by atoms with E-state index in [4.69, 9.17) is 4.98 Å². The molecule has 1 aliphatic heterocycles. The molecule has 0 amide bonds. The molecular weight excluding hydrogens is 286 g/mol. The lowest BCUT2D eigenvalue weighted by molar-refractivity contribution is 0.317. The van der Waals surface area contributed by atoms with Crippen molar-refractivity contribution in [1.82, 2.24) is 9.55 Å². The Hall–Kier alpha value is -1.69. The van der Waals surface area contributed by atoms with E-state index >= 15 is 0 Å². The number of hydrogen-bond acceptors (Lipinski definition) is 5. The highest BCUT2D eigenvalue weighted by molar-refractivity contribution is 7.20. The van der Waals surface area contributed by atoms with Crippen LogP contribution in [0.5, 0.6) is 0 Å². The van der Waals surface area contributed by atoms with E-state index < -0.39 is 0 Å². The van der Waals surface area contributed by atoms with Crippen molar-refractivity contribution in [1.29, 1.82) is 0 Å². The summed E-state index contributed by atoms with van der Waals surface area (Å²) in [6, 6.07) is 0. The van der Waals surface area contributed by atoms with Crippen molar-refractivity contribution in [3.8, 4) is 0 Å². The third kappa shape index (κ3) is 1.92. The molecule has 0 radical (unpaired) electrons. The van der Waals surface area contributed by atoms with Crippen LogP contribution in [0.15, 0.2) is 9.95 Å². The quantitative estimate of drug-likeness (QED) is 0.601. The van der Waals surface area contributed by atoms with Gasteiger partial charge in [0.25, 0.3) is 5.56 Å². The van der Waals surface area contributed by atoms with E-state index in [1.807, 2.05) is 4.57 Å². The summed E-state index contributed by atoms with van der Waals surface area (Å²) in [6.45, 7) is 0.780. The first-order chi connectivity index (χ1) is 10.3. The van der Waals surface area contributed by atoms with Crippen molar-refractivity contribution < 1.29 is 5.21 Å². The van der Waals surface area contributed by atoms with Gasteiger partial charge in [0.1, 0.15) is 10.7 Å². The van der Waals surface area contributed by atoms with E-state index in [0.29, 0.717) is 5.71 Å². The molecule has 6 heteroatoms. The van der Waals surface area contributed by atoms with Crippen LogP contribution in [0.1, 0.15) is 48.4 Å². The van der Waals surface area contributed by atoms with Crippen LogP contribution in [-0.4, -0.2) is 20.5 Å². The molecule has 21 heavy (non-hydrogen) atoms. The van der Waals surface area contributed by atoms with Crippen LogP contribution in [0.3, 0.4) is 0 Å². The Balaban J connectivity index is 2.03. The molecule has 0 saturated carbocycles. The first kappa shape index (κ1) is 13.0. The first-order valence-electron chi connectivity index (χ1n) is 7.56. The van der Waals surface area contributed by atoms with Crippen LogP contribution >= 0.6 is 11.3 Å². The molecule has 3 heterocycles. The predicted molar refractivity (Wildman–Crippen MR) is 82.7 cm³/mol. The number of hydrogen-bond donors (Lipinski definition) is 1. The second kappa shape index (κ2) is 4.94. The second-order valence-electron chi connectivity index (χ2n) is 5.79. The number of rotatable bonds is 0. The van der Waals surface area contributed by atoms with Gasteiger partial charge in [0.15, 0.2) is 0 Å². The number of aryl methyl sites for hydroxylation is 2. The minimum atomic E-state index is 0.105. The molecule has 5 nitrogen and oxygen atoms in total. The van der Waals surface area contributed by atoms with Crippen LogP contribution < -0.4 is 5.56 Å². The molecule has 0 unspecified atom stereocenters. The average molecular weight is 303 g/mol. The molecule has 0 fully saturated rings. The maximum atomic E-state index is 12.9. The average Bonchev–Trinajstić information content (AvgIpc) is 2.70. The Morgan fingerprint density at radius 2 is 2.05 bits per heavy atom. The van der Waals surface area contributed by atoms with Gasteiger partial charge in [-0.15, -0.1) is 11.3 Å². The molecule has 0 saturated heterocycles. The first-order valence-corrected chi connectivity index (χ1v) is 8.37. The molecule has 1 aliphatic carbocycles. The normalized spacial score (nSPS) is 20.3.